The normalized spacial score (nSPS) is 13.2. The number of imidazole rings is 1. The van der Waals surface area contributed by atoms with E-state index in [1.54, 1.807) is 18.6 Å². The van der Waals surface area contributed by atoms with Crippen LogP contribution in [0.1, 0.15) is 13.3 Å². The van der Waals surface area contributed by atoms with Crippen LogP contribution in [0.3, 0.4) is 0 Å². The molecule has 1 atom stereocenters. The first-order valence-corrected chi connectivity index (χ1v) is 6.45. The molecule has 0 spiro atoms. The highest BCUT2D eigenvalue weighted by Gasteiger charge is 2.18. The number of nitrogens with one attached hydrogen (secondary N) is 1. The summed E-state index contributed by atoms with van der Waals surface area (Å²) in [6.45, 7) is 2.38. The van der Waals surface area contributed by atoms with Gasteiger partial charge in [-0.25, -0.2) is 18.1 Å². The summed E-state index contributed by atoms with van der Waals surface area (Å²) in [5.74, 6) is 0. The minimum atomic E-state index is -3.49. The van der Waals surface area contributed by atoms with Crippen LogP contribution in [0, 0.1) is 11.3 Å². The highest BCUT2D eigenvalue weighted by molar-refractivity contribution is 7.90. The van der Waals surface area contributed by atoms with Crippen LogP contribution in [-0.4, -0.2) is 29.8 Å². The van der Waals surface area contributed by atoms with Crippen molar-refractivity contribution < 1.29 is 8.42 Å². The van der Waals surface area contributed by atoms with Gasteiger partial charge in [-0.3, -0.25) is 0 Å². The Morgan fingerprint density at radius 2 is 2.38 bits per heavy atom. The van der Waals surface area contributed by atoms with Gasteiger partial charge < -0.3 is 4.57 Å². The van der Waals surface area contributed by atoms with Crippen LogP contribution >= 0.6 is 0 Å². The lowest BCUT2D eigenvalue weighted by Gasteiger charge is -2.07. The third-order valence-electron chi connectivity index (χ3n) is 2.10. The molecule has 0 fully saturated rings. The van der Waals surface area contributed by atoms with Gasteiger partial charge in [0.15, 0.2) is 5.25 Å². The predicted octanol–water partition coefficient (Wildman–Crippen LogP) is 0.105. The summed E-state index contributed by atoms with van der Waals surface area (Å²) >= 11 is 0. The molecule has 0 saturated heterocycles. The van der Waals surface area contributed by atoms with Crippen molar-refractivity contribution >= 4 is 10.0 Å². The molecule has 0 saturated carbocycles. The van der Waals surface area contributed by atoms with Gasteiger partial charge in [0.2, 0.25) is 10.0 Å². The molecule has 0 aliphatic rings. The Morgan fingerprint density at radius 1 is 1.62 bits per heavy atom. The number of hydrogen-bond donors (Lipinski definition) is 1. The molecule has 1 aromatic rings. The van der Waals surface area contributed by atoms with Gasteiger partial charge in [-0.15, -0.1) is 0 Å². The minimum absolute atomic E-state index is 0.326. The summed E-state index contributed by atoms with van der Waals surface area (Å²) in [6, 6.07) is 1.69. The fraction of sp³-hybridized carbons (Fsp3) is 0.556. The van der Waals surface area contributed by atoms with Crippen molar-refractivity contribution in [2.24, 2.45) is 0 Å². The Balaban J connectivity index is 2.29. The molecule has 0 amide bonds. The van der Waals surface area contributed by atoms with Crippen LogP contribution < -0.4 is 4.72 Å². The lowest BCUT2D eigenvalue weighted by Crippen LogP contribution is -2.32. The maximum absolute atomic E-state index is 11.4. The Bertz CT molecular complexity index is 446. The molecule has 1 rings (SSSR count). The SMILES string of the molecule is CC(C#N)S(=O)(=O)NCCCn1ccnc1. The molecule has 7 heteroatoms. The molecular formula is C9H14N4O2S. The molecule has 1 N–H and O–H groups in total. The van der Waals surface area contributed by atoms with Crippen LogP contribution in [0.25, 0.3) is 0 Å². The molecule has 1 unspecified atom stereocenters. The van der Waals surface area contributed by atoms with Crippen molar-refractivity contribution in [3.05, 3.63) is 18.7 Å². The Hall–Kier alpha value is -1.39. The molecule has 88 valence electrons. The smallest absolute Gasteiger partial charge is 0.227 e. The monoisotopic (exact) mass is 242 g/mol. The van der Waals surface area contributed by atoms with E-state index in [0.717, 1.165) is 0 Å². The van der Waals surface area contributed by atoms with Gasteiger partial charge in [0.25, 0.3) is 0 Å². The summed E-state index contributed by atoms with van der Waals surface area (Å²) in [7, 11) is -3.49. The zero-order valence-corrected chi connectivity index (χ0v) is 9.81. The molecule has 16 heavy (non-hydrogen) atoms. The van der Waals surface area contributed by atoms with E-state index in [-0.39, 0.29) is 0 Å². The van der Waals surface area contributed by atoms with Crippen LogP contribution in [0.4, 0.5) is 0 Å². The van der Waals surface area contributed by atoms with E-state index in [1.165, 1.54) is 6.92 Å². The second kappa shape index (κ2) is 5.63. The molecule has 1 aromatic heterocycles. The Kier molecular flexibility index (Phi) is 4.46. The van der Waals surface area contributed by atoms with E-state index in [0.29, 0.717) is 19.5 Å². The minimum Gasteiger partial charge on any atom is -0.337 e. The third kappa shape index (κ3) is 3.64. The lowest BCUT2D eigenvalue weighted by atomic mass is 10.4. The van der Waals surface area contributed by atoms with E-state index in [1.807, 2.05) is 10.8 Å². The van der Waals surface area contributed by atoms with Gasteiger partial charge in [0.1, 0.15) is 0 Å². The maximum atomic E-state index is 11.4. The Labute approximate surface area is 95.0 Å². The second-order valence-electron chi connectivity index (χ2n) is 3.36. The summed E-state index contributed by atoms with van der Waals surface area (Å²) in [5, 5.41) is 7.48. The fourth-order valence-corrected chi connectivity index (χ4v) is 1.91. The zero-order chi connectivity index (χ0) is 12.0. The highest BCUT2D eigenvalue weighted by atomic mass is 32.2. The molecule has 0 aliphatic heterocycles. The van der Waals surface area contributed by atoms with E-state index in [9.17, 15) is 8.42 Å². The quantitative estimate of drug-likeness (QED) is 0.717. The van der Waals surface area contributed by atoms with E-state index in [4.69, 9.17) is 5.26 Å². The van der Waals surface area contributed by atoms with E-state index < -0.39 is 15.3 Å². The van der Waals surface area contributed by atoms with Gasteiger partial charge in [-0.2, -0.15) is 5.26 Å². The van der Waals surface area contributed by atoms with Gasteiger partial charge >= 0.3 is 0 Å². The van der Waals surface area contributed by atoms with Crippen molar-refractivity contribution in [2.45, 2.75) is 25.1 Å². The molecule has 0 aromatic carbocycles. The van der Waals surface area contributed by atoms with E-state index >= 15 is 0 Å². The average Bonchev–Trinajstić information content (AvgIpc) is 2.76. The summed E-state index contributed by atoms with van der Waals surface area (Å²) in [4.78, 5) is 3.87. The van der Waals surface area contributed by atoms with Crippen molar-refractivity contribution in [3.8, 4) is 6.07 Å². The molecule has 6 nitrogen and oxygen atoms in total. The number of nitriles is 1. The molecule has 1 heterocycles. The average molecular weight is 242 g/mol. The number of nitrogens with zero attached hydrogens (tertiary/aromatic N) is 3. The van der Waals surface area contributed by atoms with Crippen molar-refractivity contribution in [3.63, 3.8) is 0 Å². The largest absolute Gasteiger partial charge is 0.337 e. The first-order chi connectivity index (χ1) is 7.56. The highest BCUT2D eigenvalue weighted by Crippen LogP contribution is 1.96. The third-order valence-corrected chi connectivity index (χ3v) is 3.75. The Morgan fingerprint density at radius 3 is 2.94 bits per heavy atom. The molecule has 0 bridgehead atoms. The van der Waals surface area contributed by atoms with Gasteiger partial charge in [-0.05, 0) is 13.3 Å². The number of sulfonamides is 1. The summed E-state index contributed by atoms with van der Waals surface area (Å²) in [6.07, 6.45) is 5.81. The van der Waals surface area contributed by atoms with Crippen molar-refractivity contribution in [2.75, 3.05) is 6.54 Å². The predicted molar refractivity (Wildman–Crippen MR) is 58.8 cm³/mol. The molecule has 0 radical (unpaired) electrons. The maximum Gasteiger partial charge on any atom is 0.227 e. The van der Waals surface area contributed by atoms with Gasteiger partial charge in [-0.1, -0.05) is 0 Å². The van der Waals surface area contributed by atoms with E-state index in [2.05, 4.69) is 9.71 Å². The van der Waals surface area contributed by atoms with Gasteiger partial charge in [0, 0.05) is 25.5 Å². The van der Waals surface area contributed by atoms with Crippen LogP contribution in [0.15, 0.2) is 18.7 Å². The number of hydrogen-bond acceptors (Lipinski definition) is 4. The fourth-order valence-electron chi connectivity index (χ4n) is 1.09. The van der Waals surface area contributed by atoms with Crippen LogP contribution in [-0.2, 0) is 16.6 Å². The lowest BCUT2D eigenvalue weighted by molar-refractivity contribution is 0.566. The summed E-state index contributed by atoms with van der Waals surface area (Å²) in [5.41, 5.74) is 0. The first-order valence-electron chi connectivity index (χ1n) is 4.90. The number of aromatic nitrogens is 2. The van der Waals surface area contributed by atoms with Crippen LogP contribution in [0.2, 0.25) is 0 Å². The number of aryl methyl sites for hydroxylation is 1. The van der Waals surface area contributed by atoms with Gasteiger partial charge in [0.05, 0.1) is 12.4 Å². The topological polar surface area (TPSA) is 87.8 Å². The first kappa shape index (κ1) is 12.7. The van der Waals surface area contributed by atoms with Crippen molar-refractivity contribution in [1.29, 1.82) is 5.26 Å². The number of rotatable bonds is 6. The standard InChI is InChI=1S/C9H14N4O2S/c1-9(7-10)16(14,15)12-3-2-5-13-6-4-11-8-13/h4,6,8-9,12H,2-3,5H2,1H3. The second-order valence-corrected chi connectivity index (χ2v) is 5.45. The van der Waals surface area contributed by atoms with Crippen molar-refractivity contribution in [1.82, 2.24) is 14.3 Å². The zero-order valence-electron chi connectivity index (χ0n) is 9.00. The molecule has 0 aliphatic carbocycles. The summed E-state index contributed by atoms with van der Waals surface area (Å²) < 4.78 is 27.0. The van der Waals surface area contributed by atoms with Crippen LogP contribution in [0.5, 0.6) is 0 Å². The molecular weight excluding hydrogens is 228 g/mol.